The molecule has 1 aliphatic carbocycles. The molecule has 21 heavy (non-hydrogen) atoms. The largest absolute Gasteiger partial charge is 0.243 e. The fraction of sp³-hybridized carbons (Fsp3) is 0.294. The van der Waals surface area contributed by atoms with Gasteiger partial charge >= 0.3 is 0 Å². The smallest absolute Gasteiger partial charge is 0.207 e. The van der Waals surface area contributed by atoms with Crippen LogP contribution in [0.25, 0.3) is 0 Å². The molecule has 2 aromatic rings. The van der Waals surface area contributed by atoms with Gasteiger partial charge in [-0.2, -0.15) is 4.31 Å². The Balaban J connectivity index is 1.75. The number of sulfonamides is 1. The second kappa shape index (κ2) is 4.42. The van der Waals surface area contributed by atoms with Gasteiger partial charge in [0.05, 0.1) is 10.9 Å². The highest BCUT2D eigenvalue weighted by Gasteiger charge is 2.47. The zero-order valence-electron chi connectivity index (χ0n) is 11.9. The van der Waals surface area contributed by atoms with Crippen molar-refractivity contribution < 1.29 is 8.42 Å². The van der Waals surface area contributed by atoms with E-state index in [1.165, 1.54) is 11.1 Å². The summed E-state index contributed by atoms with van der Waals surface area (Å²) in [5.41, 5.74) is 3.59. The van der Waals surface area contributed by atoms with Crippen LogP contribution in [0.2, 0.25) is 0 Å². The number of fused-ring (bicyclic) bond motifs is 5. The molecule has 108 valence electrons. The summed E-state index contributed by atoms with van der Waals surface area (Å²) >= 11 is 0. The van der Waals surface area contributed by atoms with Crippen LogP contribution in [-0.4, -0.2) is 19.3 Å². The molecule has 0 N–H and O–H groups in total. The zero-order chi connectivity index (χ0) is 14.6. The Hall–Kier alpha value is -1.65. The van der Waals surface area contributed by atoms with E-state index in [2.05, 4.69) is 12.1 Å². The summed E-state index contributed by atoms with van der Waals surface area (Å²) in [6.45, 7) is 2.57. The second-order valence-corrected chi connectivity index (χ2v) is 7.86. The van der Waals surface area contributed by atoms with Crippen molar-refractivity contribution in [1.82, 2.24) is 4.31 Å². The van der Waals surface area contributed by atoms with Gasteiger partial charge in [0.1, 0.15) is 0 Å². The fourth-order valence-corrected chi connectivity index (χ4v) is 5.27. The van der Waals surface area contributed by atoms with Gasteiger partial charge in [0.2, 0.25) is 10.0 Å². The van der Waals surface area contributed by atoms with Gasteiger partial charge in [-0.1, -0.05) is 42.0 Å². The molecule has 2 aromatic carbocycles. The molecule has 0 amide bonds. The van der Waals surface area contributed by atoms with Gasteiger partial charge in [0.15, 0.2) is 0 Å². The first-order valence-electron chi connectivity index (χ1n) is 7.25. The van der Waals surface area contributed by atoms with Crippen LogP contribution in [0.15, 0.2) is 53.4 Å². The molecule has 1 saturated heterocycles. The van der Waals surface area contributed by atoms with Crippen molar-refractivity contribution in [3.63, 3.8) is 0 Å². The highest BCUT2D eigenvalue weighted by atomic mass is 32.2. The Labute approximate surface area is 125 Å². The first-order valence-corrected chi connectivity index (χ1v) is 8.69. The number of benzene rings is 2. The summed E-state index contributed by atoms with van der Waals surface area (Å²) in [4.78, 5) is 0.401. The lowest BCUT2D eigenvalue weighted by Gasteiger charge is -2.28. The maximum atomic E-state index is 12.9. The zero-order valence-corrected chi connectivity index (χ0v) is 12.7. The molecule has 0 saturated carbocycles. The lowest BCUT2D eigenvalue weighted by atomic mass is 10.0. The third-order valence-electron chi connectivity index (χ3n) is 4.68. The third-order valence-corrected chi connectivity index (χ3v) is 6.57. The van der Waals surface area contributed by atoms with Crippen LogP contribution < -0.4 is 0 Å². The minimum atomic E-state index is -3.40. The van der Waals surface area contributed by atoms with Crippen molar-refractivity contribution >= 4 is 10.0 Å². The molecule has 3 nitrogen and oxygen atoms in total. The predicted octanol–water partition coefficient (Wildman–Crippen LogP) is 3.23. The highest BCUT2D eigenvalue weighted by molar-refractivity contribution is 7.89. The molecule has 0 unspecified atom stereocenters. The van der Waals surface area contributed by atoms with Crippen LogP contribution in [0, 0.1) is 6.92 Å². The number of aryl methyl sites for hydroxylation is 1. The second-order valence-electron chi connectivity index (χ2n) is 5.97. The van der Waals surface area contributed by atoms with Crippen LogP contribution in [0.3, 0.4) is 0 Å². The monoisotopic (exact) mass is 299 g/mol. The maximum absolute atomic E-state index is 12.9. The van der Waals surface area contributed by atoms with Crippen LogP contribution in [0.1, 0.15) is 35.1 Å². The molecular formula is C17H17NO2S. The summed E-state index contributed by atoms with van der Waals surface area (Å²) in [5.74, 6) is 0.353. The minimum Gasteiger partial charge on any atom is -0.207 e. The van der Waals surface area contributed by atoms with Crippen LogP contribution in [0.5, 0.6) is 0 Å². The van der Waals surface area contributed by atoms with Crippen molar-refractivity contribution in [2.24, 2.45) is 0 Å². The first kappa shape index (κ1) is 13.0. The van der Waals surface area contributed by atoms with E-state index in [4.69, 9.17) is 0 Å². The molecule has 4 heteroatoms. The normalized spacial score (nSPS) is 24.2. The molecule has 0 radical (unpaired) electrons. The maximum Gasteiger partial charge on any atom is 0.243 e. The van der Waals surface area contributed by atoms with E-state index in [0.717, 1.165) is 12.0 Å². The summed E-state index contributed by atoms with van der Waals surface area (Å²) in [7, 11) is -3.40. The van der Waals surface area contributed by atoms with Crippen molar-refractivity contribution in [1.29, 1.82) is 0 Å². The van der Waals surface area contributed by atoms with Crippen LogP contribution in [0.4, 0.5) is 0 Å². The van der Waals surface area contributed by atoms with Gasteiger partial charge in [-0.05, 0) is 42.5 Å². The fourth-order valence-electron chi connectivity index (χ4n) is 3.61. The van der Waals surface area contributed by atoms with Gasteiger partial charge in [-0.25, -0.2) is 8.42 Å². The van der Waals surface area contributed by atoms with Crippen molar-refractivity contribution in [3.05, 3.63) is 65.2 Å². The lowest BCUT2D eigenvalue weighted by molar-refractivity contribution is 0.388. The van der Waals surface area contributed by atoms with E-state index in [0.29, 0.717) is 17.4 Å². The Bertz CT molecular complexity index is 796. The molecule has 1 aliphatic heterocycles. The van der Waals surface area contributed by atoms with E-state index in [9.17, 15) is 8.42 Å². The van der Waals surface area contributed by atoms with Crippen LogP contribution in [-0.2, 0) is 10.0 Å². The predicted molar refractivity (Wildman–Crippen MR) is 81.6 cm³/mol. The highest BCUT2D eigenvalue weighted by Crippen LogP contribution is 2.51. The first-order chi connectivity index (χ1) is 10.1. The Morgan fingerprint density at radius 3 is 2.38 bits per heavy atom. The summed E-state index contributed by atoms with van der Waals surface area (Å²) in [6, 6.07) is 15.4. The third kappa shape index (κ3) is 1.86. The summed E-state index contributed by atoms with van der Waals surface area (Å²) < 4.78 is 27.4. The molecule has 4 rings (SSSR count). The number of hydrogen-bond acceptors (Lipinski definition) is 2. The molecule has 0 aromatic heterocycles. The standard InChI is InChI=1S/C17H17NO2S/c1-12-6-8-14(9-7-12)21(19,20)18-11-13-10-17(18)16-5-3-2-4-15(13)16/h2-9,13,17H,10-11H2,1H3/t13-,17-/m0/s1. The quantitative estimate of drug-likeness (QED) is 0.854. The molecule has 2 atom stereocenters. The number of rotatable bonds is 2. The van der Waals surface area contributed by atoms with Gasteiger partial charge in [0, 0.05) is 6.54 Å². The van der Waals surface area contributed by atoms with Gasteiger partial charge in [0.25, 0.3) is 0 Å². The summed E-state index contributed by atoms with van der Waals surface area (Å²) in [6.07, 6.45) is 0.921. The SMILES string of the molecule is Cc1ccc(S(=O)(=O)N2C[C@@H]3C[C@H]2c2ccccc23)cc1. The van der Waals surface area contributed by atoms with E-state index < -0.39 is 10.0 Å². The Morgan fingerprint density at radius 2 is 1.67 bits per heavy atom. The number of hydrogen-bond donors (Lipinski definition) is 0. The topological polar surface area (TPSA) is 37.4 Å². The Kier molecular flexibility index (Phi) is 2.75. The Morgan fingerprint density at radius 1 is 1.00 bits per heavy atom. The average Bonchev–Trinajstić information content (AvgIpc) is 3.07. The molecule has 0 spiro atoms. The molecular weight excluding hydrogens is 282 g/mol. The van der Waals surface area contributed by atoms with Gasteiger partial charge in [-0.15, -0.1) is 0 Å². The van der Waals surface area contributed by atoms with Gasteiger partial charge in [-0.3, -0.25) is 0 Å². The molecule has 2 bridgehead atoms. The van der Waals surface area contributed by atoms with E-state index in [1.807, 2.05) is 31.2 Å². The van der Waals surface area contributed by atoms with Crippen molar-refractivity contribution in [2.75, 3.05) is 6.54 Å². The van der Waals surface area contributed by atoms with Crippen molar-refractivity contribution in [3.8, 4) is 0 Å². The molecule has 1 fully saturated rings. The summed E-state index contributed by atoms with van der Waals surface area (Å²) in [5, 5.41) is 0. The van der Waals surface area contributed by atoms with E-state index in [1.54, 1.807) is 16.4 Å². The molecule has 2 aliphatic rings. The average molecular weight is 299 g/mol. The van der Waals surface area contributed by atoms with E-state index >= 15 is 0 Å². The van der Waals surface area contributed by atoms with E-state index in [-0.39, 0.29) is 6.04 Å². The molecule has 1 heterocycles. The number of nitrogens with zero attached hydrogens (tertiary/aromatic N) is 1. The van der Waals surface area contributed by atoms with Crippen LogP contribution >= 0.6 is 0 Å². The lowest BCUT2D eigenvalue weighted by Crippen LogP contribution is -2.33. The minimum absolute atomic E-state index is 0.0116. The van der Waals surface area contributed by atoms with Gasteiger partial charge < -0.3 is 0 Å². The van der Waals surface area contributed by atoms with Crippen molar-refractivity contribution in [2.45, 2.75) is 30.2 Å².